The molecule has 3 rings (SSSR count). The van der Waals surface area contributed by atoms with Crippen molar-refractivity contribution in [2.45, 2.75) is 298 Å². The average Bonchev–Trinajstić information content (AvgIpc) is 3.55. The third-order valence-corrected chi connectivity index (χ3v) is 15.4. The highest BCUT2D eigenvalue weighted by Gasteiger charge is 2.60. The molecule has 81 heavy (non-hydrogen) atoms. The first-order valence-corrected chi connectivity index (χ1v) is 30.2. The Morgan fingerprint density at radius 2 is 1.16 bits per heavy atom. The lowest BCUT2D eigenvalue weighted by Gasteiger charge is -2.50. The van der Waals surface area contributed by atoms with Crippen molar-refractivity contribution in [1.29, 1.82) is 0 Å². The number of aliphatic carboxylic acids is 1. The number of hydrogen-bond acceptors (Lipinski definition) is 20. The largest absolute Gasteiger partial charge is 0.477 e. The number of aliphatic hydroxyl groups is 11. The first kappa shape index (κ1) is 72.5. The molecule has 3 aliphatic rings. The molecule has 0 bridgehead atoms. The van der Waals surface area contributed by atoms with E-state index in [9.17, 15) is 75.7 Å². The van der Waals surface area contributed by atoms with Gasteiger partial charge in [0.05, 0.1) is 50.7 Å². The van der Waals surface area contributed by atoms with Gasteiger partial charge in [0.1, 0.15) is 67.1 Å². The molecule has 0 spiro atoms. The van der Waals surface area contributed by atoms with Crippen LogP contribution < -0.4 is 10.6 Å². The summed E-state index contributed by atoms with van der Waals surface area (Å²) in [6.45, 7) is 2.04. The minimum atomic E-state index is -3.08. The molecule has 0 aromatic heterocycles. The molecular weight excluding hydrogens is 1060 g/mol. The van der Waals surface area contributed by atoms with Crippen LogP contribution in [0.5, 0.6) is 0 Å². The van der Waals surface area contributed by atoms with E-state index in [-0.39, 0.29) is 12.3 Å². The highest BCUT2D eigenvalue weighted by Crippen LogP contribution is 2.38. The Balaban J connectivity index is 1.64. The van der Waals surface area contributed by atoms with E-state index in [0.717, 1.165) is 77.6 Å². The fourth-order valence-corrected chi connectivity index (χ4v) is 10.5. The number of aliphatic hydroxyl groups excluding tert-OH is 11. The zero-order valence-corrected chi connectivity index (χ0v) is 48.4. The number of hydrogen-bond donors (Lipinski definition) is 14. The van der Waals surface area contributed by atoms with Crippen molar-refractivity contribution in [3.8, 4) is 0 Å². The minimum Gasteiger partial charge on any atom is -0.477 e. The number of carbonyl (C=O) groups is 3. The Bertz CT molecular complexity index is 1770. The number of rotatable bonds is 43. The van der Waals surface area contributed by atoms with E-state index < -0.39 is 155 Å². The van der Waals surface area contributed by atoms with Crippen LogP contribution in [-0.2, 0) is 42.8 Å². The van der Waals surface area contributed by atoms with Gasteiger partial charge in [-0.1, -0.05) is 147 Å². The fourth-order valence-electron chi connectivity index (χ4n) is 10.5. The standard InChI is InChI=1S/C58H104N2O21/c1-4-6-8-10-12-14-15-16-17-18-19-20-21-22-24-26-28-30-32-45(68)60-39(40(65)31-29-27-25-23-13-11-9-7-5-2)37-76-55-50(72)49(71)52(44(36-63)78-55)79-56-51(73)54(48(70)43(35-62)77-56)81-58(57(74)75)33-41(66)46(59-38(3)64)53(80-58)47(69)42(67)34-61/h19-20,29,31,39-44,46-56,61-63,65-67,69-73H,4-18,21-28,30,32-37H2,1-3H3,(H,59,64)(H,60,68)(H,74,75)/b20-19-,31-29+. The third-order valence-electron chi connectivity index (χ3n) is 15.4. The molecule has 3 fully saturated rings. The quantitative estimate of drug-likeness (QED) is 0.0308. The van der Waals surface area contributed by atoms with Crippen LogP contribution in [0.15, 0.2) is 24.3 Å². The number of amides is 2. The number of nitrogens with one attached hydrogen (secondary N) is 2. The summed E-state index contributed by atoms with van der Waals surface area (Å²) in [5.41, 5.74) is 0. The maximum absolute atomic E-state index is 13.3. The number of carbonyl (C=O) groups excluding carboxylic acids is 2. The molecule has 2 amide bonds. The van der Waals surface area contributed by atoms with E-state index in [1.807, 2.05) is 6.08 Å². The lowest BCUT2D eigenvalue weighted by atomic mass is 9.88. The molecule has 18 atom stereocenters. The van der Waals surface area contributed by atoms with Gasteiger partial charge < -0.3 is 100 Å². The van der Waals surface area contributed by atoms with Crippen molar-refractivity contribution < 1.29 is 104 Å². The van der Waals surface area contributed by atoms with Gasteiger partial charge in [0.25, 0.3) is 5.79 Å². The summed E-state index contributed by atoms with van der Waals surface area (Å²) in [6, 6.07) is -2.62. The SMILES string of the molecule is CCCCCCCCC/C=C/C(O)C(COC1OC(CO)C(OC2OC(CO)C(O)C(OC3(C(=O)O)CC(O)C(NC(C)=O)C(C(O)C(O)CO)O3)C2O)C(O)C1O)NC(=O)CCCCCCC/C=C\CCCCCCCCCCC. The van der Waals surface area contributed by atoms with Crippen molar-refractivity contribution in [3.05, 3.63) is 24.3 Å². The molecule has 472 valence electrons. The summed E-state index contributed by atoms with van der Waals surface area (Å²) < 4.78 is 34.6. The van der Waals surface area contributed by atoms with Gasteiger partial charge in [0.2, 0.25) is 11.8 Å². The number of allylic oxidation sites excluding steroid dienone is 3. The second-order valence-electron chi connectivity index (χ2n) is 22.2. The molecule has 14 N–H and O–H groups in total. The van der Waals surface area contributed by atoms with Crippen molar-refractivity contribution in [1.82, 2.24) is 10.6 Å². The van der Waals surface area contributed by atoms with Gasteiger partial charge in [0, 0.05) is 19.8 Å². The van der Waals surface area contributed by atoms with Crippen molar-refractivity contribution in [3.63, 3.8) is 0 Å². The number of ether oxygens (including phenoxy) is 6. The summed E-state index contributed by atoms with van der Waals surface area (Å²) in [4.78, 5) is 38.3. The Morgan fingerprint density at radius 1 is 0.642 bits per heavy atom. The highest BCUT2D eigenvalue weighted by atomic mass is 16.8. The molecule has 0 aromatic rings. The third kappa shape index (κ3) is 25.0. The second-order valence-corrected chi connectivity index (χ2v) is 22.2. The fraction of sp³-hybridized carbons (Fsp3) is 0.879. The minimum absolute atomic E-state index is 0.190. The molecule has 3 saturated heterocycles. The van der Waals surface area contributed by atoms with E-state index in [4.69, 9.17) is 28.4 Å². The Labute approximate surface area is 479 Å². The van der Waals surface area contributed by atoms with Crippen LogP contribution in [-0.4, -0.2) is 215 Å². The lowest BCUT2D eigenvalue weighted by molar-refractivity contribution is -0.386. The molecule has 18 unspecified atom stereocenters. The van der Waals surface area contributed by atoms with Crippen LogP contribution in [0, 0.1) is 0 Å². The number of carboxylic acid groups (broad SMARTS) is 1. The number of unbranched alkanes of at least 4 members (excludes halogenated alkanes) is 21. The van der Waals surface area contributed by atoms with E-state index in [2.05, 4.69) is 36.6 Å². The Kier molecular flexibility index (Phi) is 36.2. The van der Waals surface area contributed by atoms with E-state index in [0.29, 0.717) is 12.8 Å². The molecule has 23 heteroatoms. The van der Waals surface area contributed by atoms with E-state index in [1.165, 1.54) is 70.6 Å². The van der Waals surface area contributed by atoms with Gasteiger partial charge in [-0.05, 0) is 44.9 Å². The lowest BCUT2D eigenvalue weighted by Crippen LogP contribution is -2.70. The van der Waals surface area contributed by atoms with E-state index >= 15 is 0 Å². The van der Waals surface area contributed by atoms with Crippen LogP contribution in [0.25, 0.3) is 0 Å². The van der Waals surface area contributed by atoms with E-state index in [1.54, 1.807) is 6.08 Å². The van der Waals surface area contributed by atoms with Gasteiger partial charge in [-0.3, -0.25) is 9.59 Å². The van der Waals surface area contributed by atoms with Gasteiger partial charge in [-0.15, -0.1) is 0 Å². The predicted octanol–water partition coefficient (Wildman–Crippen LogP) is 2.55. The molecule has 0 aliphatic carbocycles. The zero-order chi connectivity index (χ0) is 59.7. The van der Waals surface area contributed by atoms with Gasteiger partial charge in [-0.25, -0.2) is 4.79 Å². The first-order valence-electron chi connectivity index (χ1n) is 30.2. The average molecular weight is 1170 g/mol. The smallest absolute Gasteiger partial charge is 0.364 e. The van der Waals surface area contributed by atoms with Gasteiger partial charge in [-0.2, -0.15) is 0 Å². The van der Waals surface area contributed by atoms with Crippen molar-refractivity contribution in [2.24, 2.45) is 0 Å². The van der Waals surface area contributed by atoms with Crippen molar-refractivity contribution in [2.75, 3.05) is 26.4 Å². The van der Waals surface area contributed by atoms with Crippen LogP contribution >= 0.6 is 0 Å². The van der Waals surface area contributed by atoms with Crippen LogP contribution in [0.2, 0.25) is 0 Å². The van der Waals surface area contributed by atoms with Crippen LogP contribution in [0.4, 0.5) is 0 Å². The van der Waals surface area contributed by atoms with Gasteiger partial charge >= 0.3 is 5.97 Å². The Hall–Kier alpha value is -2.79. The van der Waals surface area contributed by atoms with Crippen LogP contribution in [0.3, 0.4) is 0 Å². The summed E-state index contributed by atoms with van der Waals surface area (Å²) >= 11 is 0. The molecule has 0 saturated carbocycles. The summed E-state index contributed by atoms with van der Waals surface area (Å²) in [7, 11) is 0. The maximum Gasteiger partial charge on any atom is 0.364 e. The number of carboxylic acids is 1. The van der Waals surface area contributed by atoms with Crippen LogP contribution in [0.1, 0.15) is 188 Å². The molecule has 3 heterocycles. The topological polar surface area (TPSA) is 373 Å². The first-order chi connectivity index (χ1) is 38.9. The van der Waals surface area contributed by atoms with Crippen molar-refractivity contribution >= 4 is 17.8 Å². The second kappa shape index (κ2) is 40.5. The monoisotopic (exact) mass is 1160 g/mol. The highest BCUT2D eigenvalue weighted by molar-refractivity contribution is 5.77. The normalized spacial score (nSPS) is 30.6. The molecule has 3 aliphatic heterocycles. The molecule has 0 aromatic carbocycles. The van der Waals surface area contributed by atoms with Gasteiger partial charge in [0.15, 0.2) is 12.6 Å². The molecule has 23 nitrogen and oxygen atoms in total. The maximum atomic E-state index is 13.3. The molecular formula is C58H104N2O21. The zero-order valence-electron chi connectivity index (χ0n) is 48.4. The summed E-state index contributed by atoms with van der Waals surface area (Å²) in [6.07, 6.45) is 5.58. The molecule has 0 radical (unpaired) electrons. The Morgan fingerprint density at radius 3 is 1.68 bits per heavy atom. The summed E-state index contributed by atoms with van der Waals surface area (Å²) in [5.74, 6) is -6.16. The summed E-state index contributed by atoms with van der Waals surface area (Å²) in [5, 5.41) is 135. The predicted molar refractivity (Wildman–Crippen MR) is 297 cm³/mol.